The maximum Gasteiger partial charge on any atom is 0.279 e. The van der Waals surface area contributed by atoms with Crippen molar-refractivity contribution in [3.05, 3.63) is 27.2 Å². The fraction of sp³-hybridized carbons (Fsp3) is 0.615. The molecule has 2 heterocycles. The SMILES string of the molecule is Cc1nn(C)c(=O)c(C(=O)N2CCC(O)CC2)c1C. The van der Waals surface area contributed by atoms with Gasteiger partial charge in [-0.1, -0.05) is 0 Å². The highest BCUT2D eigenvalue weighted by Gasteiger charge is 2.26. The van der Waals surface area contributed by atoms with Gasteiger partial charge in [0.1, 0.15) is 5.56 Å². The molecule has 1 aromatic rings. The summed E-state index contributed by atoms with van der Waals surface area (Å²) < 4.78 is 1.20. The van der Waals surface area contributed by atoms with Crippen LogP contribution in [0.4, 0.5) is 0 Å². The van der Waals surface area contributed by atoms with Crippen LogP contribution in [0.15, 0.2) is 4.79 Å². The number of aromatic nitrogens is 2. The van der Waals surface area contributed by atoms with Gasteiger partial charge >= 0.3 is 0 Å². The minimum Gasteiger partial charge on any atom is -0.393 e. The number of hydrogen-bond donors (Lipinski definition) is 1. The molecule has 2 rings (SSSR count). The van der Waals surface area contributed by atoms with Gasteiger partial charge in [0.25, 0.3) is 11.5 Å². The molecule has 0 aliphatic carbocycles. The van der Waals surface area contributed by atoms with Crippen LogP contribution < -0.4 is 5.56 Å². The fourth-order valence-corrected chi connectivity index (χ4v) is 2.33. The average molecular weight is 265 g/mol. The Morgan fingerprint density at radius 3 is 2.47 bits per heavy atom. The zero-order valence-corrected chi connectivity index (χ0v) is 11.5. The first-order valence-electron chi connectivity index (χ1n) is 6.43. The molecule has 1 saturated heterocycles. The summed E-state index contributed by atoms with van der Waals surface area (Å²) in [6.07, 6.45) is 0.789. The Morgan fingerprint density at radius 2 is 1.89 bits per heavy atom. The molecular weight excluding hydrogens is 246 g/mol. The number of hydrogen-bond acceptors (Lipinski definition) is 4. The summed E-state index contributed by atoms with van der Waals surface area (Å²) in [5, 5.41) is 13.5. The molecule has 0 bridgehead atoms. The molecule has 1 amide bonds. The minimum atomic E-state index is -0.362. The van der Waals surface area contributed by atoms with Crippen LogP contribution >= 0.6 is 0 Å². The number of aliphatic hydroxyl groups excluding tert-OH is 1. The fourth-order valence-electron chi connectivity index (χ4n) is 2.33. The number of amides is 1. The van der Waals surface area contributed by atoms with Gasteiger partial charge in [0, 0.05) is 20.1 Å². The Balaban J connectivity index is 2.37. The van der Waals surface area contributed by atoms with Crippen molar-refractivity contribution < 1.29 is 9.90 Å². The van der Waals surface area contributed by atoms with Gasteiger partial charge in [0.2, 0.25) is 0 Å². The summed E-state index contributed by atoms with van der Waals surface area (Å²) >= 11 is 0. The number of nitrogens with zero attached hydrogens (tertiary/aromatic N) is 3. The van der Waals surface area contributed by atoms with Gasteiger partial charge in [-0.2, -0.15) is 5.10 Å². The van der Waals surface area contributed by atoms with Crippen molar-refractivity contribution in [2.45, 2.75) is 32.8 Å². The van der Waals surface area contributed by atoms with Crippen LogP contribution in [0.1, 0.15) is 34.5 Å². The summed E-state index contributed by atoms with van der Waals surface area (Å²) in [6, 6.07) is 0. The van der Waals surface area contributed by atoms with E-state index in [1.165, 1.54) is 4.68 Å². The zero-order chi connectivity index (χ0) is 14.2. The molecule has 6 nitrogen and oxygen atoms in total. The molecule has 1 N–H and O–H groups in total. The molecule has 104 valence electrons. The van der Waals surface area contributed by atoms with Gasteiger partial charge in [-0.25, -0.2) is 4.68 Å². The Labute approximate surface area is 111 Å². The van der Waals surface area contributed by atoms with Crippen molar-refractivity contribution in [1.82, 2.24) is 14.7 Å². The third-order valence-electron chi connectivity index (χ3n) is 3.69. The van der Waals surface area contributed by atoms with E-state index >= 15 is 0 Å². The highest BCUT2D eigenvalue weighted by Crippen LogP contribution is 2.15. The van der Waals surface area contributed by atoms with Crippen molar-refractivity contribution in [3.8, 4) is 0 Å². The van der Waals surface area contributed by atoms with E-state index in [1.54, 1.807) is 25.8 Å². The van der Waals surface area contributed by atoms with E-state index in [2.05, 4.69) is 5.10 Å². The first-order valence-corrected chi connectivity index (χ1v) is 6.43. The van der Waals surface area contributed by atoms with Gasteiger partial charge < -0.3 is 10.0 Å². The molecule has 0 spiro atoms. The lowest BCUT2D eigenvalue weighted by Gasteiger charge is -2.29. The number of likely N-dealkylation sites (tertiary alicyclic amines) is 1. The second-order valence-corrected chi connectivity index (χ2v) is 5.04. The van der Waals surface area contributed by atoms with Crippen molar-refractivity contribution in [1.29, 1.82) is 0 Å². The average Bonchev–Trinajstić information content (AvgIpc) is 2.37. The second-order valence-electron chi connectivity index (χ2n) is 5.04. The maximum atomic E-state index is 12.5. The standard InChI is InChI=1S/C13H19N3O3/c1-8-9(2)14-15(3)12(18)11(8)13(19)16-6-4-10(17)5-7-16/h10,17H,4-7H2,1-3H3. The minimum absolute atomic E-state index is 0.200. The van der Waals surface area contributed by atoms with Crippen molar-refractivity contribution in [3.63, 3.8) is 0 Å². The summed E-state index contributed by atoms with van der Waals surface area (Å²) in [6.45, 7) is 4.51. The van der Waals surface area contributed by atoms with E-state index in [0.717, 1.165) is 0 Å². The van der Waals surface area contributed by atoms with E-state index in [0.29, 0.717) is 37.2 Å². The Morgan fingerprint density at radius 1 is 1.32 bits per heavy atom. The third kappa shape index (κ3) is 2.53. The monoisotopic (exact) mass is 265 g/mol. The van der Waals surface area contributed by atoms with Crippen molar-refractivity contribution >= 4 is 5.91 Å². The van der Waals surface area contributed by atoms with E-state index in [4.69, 9.17) is 0 Å². The van der Waals surface area contributed by atoms with Crippen LogP contribution in [0.25, 0.3) is 0 Å². The lowest BCUT2D eigenvalue weighted by atomic mass is 10.0. The molecule has 1 aliphatic heterocycles. The summed E-state index contributed by atoms with van der Waals surface area (Å²) in [4.78, 5) is 26.2. The Bertz CT molecular complexity index is 557. The molecule has 6 heteroatoms. The van der Waals surface area contributed by atoms with Crippen LogP contribution in [0.5, 0.6) is 0 Å². The van der Waals surface area contributed by atoms with E-state index < -0.39 is 0 Å². The number of carbonyl (C=O) groups is 1. The third-order valence-corrected chi connectivity index (χ3v) is 3.69. The predicted octanol–water partition coefficient (Wildman–Crippen LogP) is -0.00596. The quantitative estimate of drug-likeness (QED) is 0.775. The highest BCUT2D eigenvalue weighted by molar-refractivity contribution is 5.95. The van der Waals surface area contributed by atoms with E-state index in [9.17, 15) is 14.7 Å². The van der Waals surface area contributed by atoms with Crippen LogP contribution in [0.3, 0.4) is 0 Å². The highest BCUT2D eigenvalue weighted by atomic mass is 16.3. The molecule has 0 aromatic carbocycles. The molecule has 0 saturated carbocycles. The number of piperidine rings is 1. The van der Waals surface area contributed by atoms with E-state index in [-0.39, 0.29) is 23.1 Å². The summed E-state index contributed by atoms with van der Waals surface area (Å²) in [5.41, 5.74) is 1.16. The van der Waals surface area contributed by atoms with E-state index in [1.807, 2.05) is 0 Å². The molecule has 0 atom stereocenters. The maximum absolute atomic E-state index is 12.5. The molecule has 1 aromatic heterocycles. The predicted molar refractivity (Wildman–Crippen MR) is 70.1 cm³/mol. The van der Waals surface area contributed by atoms with Gasteiger partial charge in [0.15, 0.2) is 0 Å². The first kappa shape index (κ1) is 13.7. The van der Waals surface area contributed by atoms with Crippen LogP contribution in [-0.2, 0) is 7.05 Å². The van der Waals surface area contributed by atoms with Crippen molar-refractivity contribution in [2.75, 3.05) is 13.1 Å². The normalized spacial score (nSPS) is 16.7. The first-order chi connectivity index (χ1) is 8.91. The van der Waals surface area contributed by atoms with Crippen LogP contribution in [0, 0.1) is 13.8 Å². The zero-order valence-electron chi connectivity index (χ0n) is 11.5. The van der Waals surface area contributed by atoms with Crippen LogP contribution in [-0.4, -0.2) is 44.9 Å². The largest absolute Gasteiger partial charge is 0.393 e. The van der Waals surface area contributed by atoms with Crippen molar-refractivity contribution in [2.24, 2.45) is 7.05 Å². The Kier molecular flexibility index (Phi) is 3.71. The lowest BCUT2D eigenvalue weighted by molar-refractivity contribution is 0.0543. The molecule has 1 aliphatic rings. The number of rotatable bonds is 1. The molecule has 19 heavy (non-hydrogen) atoms. The number of aliphatic hydroxyl groups is 1. The smallest absolute Gasteiger partial charge is 0.279 e. The molecular formula is C13H19N3O3. The number of carbonyl (C=O) groups excluding carboxylic acids is 1. The molecule has 0 radical (unpaired) electrons. The molecule has 1 fully saturated rings. The summed E-state index contributed by atoms with van der Waals surface area (Å²) in [7, 11) is 1.55. The van der Waals surface area contributed by atoms with Gasteiger partial charge in [0.05, 0.1) is 11.8 Å². The Hall–Kier alpha value is -1.69. The lowest BCUT2D eigenvalue weighted by Crippen LogP contribution is -2.43. The van der Waals surface area contributed by atoms with Gasteiger partial charge in [-0.3, -0.25) is 9.59 Å². The summed E-state index contributed by atoms with van der Waals surface area (Å²) in [5.74, 6) is -0.254. The topological polar surface area (TPSA) is 75.4 Å². The second kappa shape index (κ2) is 5.13. The molecule has 0 unspecified atom stereocenters. The van der Waals surface area contributed by atoms with Gasteiger partial charge in [-0.15, -0.1) is 0 Å². The van der Waals surface area contributed by atoms with Crippen LogP contribution in [0.2, 0.25) is 0 Å². The number of aryl methyl sites for hydroxylation is 2. The van der Waals surface area contributed by atoms with Gasteiger partial charge in [-0.05, 0) is 32.3 Å².